The van der Waals surface area contributed by atoms with Crippen LogP contribution < -0.4 is 14.7 Å². The molecule has 0 saturated carbocycles. The zero-order valence-electron chi connectivity index (χ0n) is 16.7. The Balaban J connectivity index is 1.42. The van der Waals surface area contributed by atoms with Crippen molar-refractivity contribution in [3.05, 3.63) is 65.2 Å². The van der Waals surface area contributed by atoms with Gasteiger partial charge in [0, 0.05) is 5.56 Å². The van der Waals surface area contributed by atoms with Gasteiger partial charge in [-0.1, -0.05) is 48.5 Å². The summed E-state index contributed by atoms with van der Waals surface area (Å²) in [5.74, 6) is -0.0807. The molecule has 0 bridgehead atoms. The number of aryl methyl sites for hydroxylation is 2. The van der Waals surface area contributed by atoms with Gasteiger partial charge in [0.2, 0.25) is 5.91 Å². The van der Waals surface area contributed by atoms with Crippen LogP contribution in [0.3, 0.4) is 0 Å². The Bertz CT molecular complexity index is 852. The third-order valence-corrected chi connectivity index (χ3v) is 6.20. The van der Waals surface area contributed by atoms with E-state index in [0.717, 1.165) is 49.5 Å². The highest BCUT2D eigenvalue weighted by molar-refractivity contribution is 6.22. The van der Waals surface area contributed by atoms with E-state index in [1.807, 2.05) is 38.1 Å². The van der Waals surface area contributed by atoms with Crippen LogP contribution in [0, 0.1) is 13.8 Å². The second-order valence-corrected chi connectivity index (χ2v) is 8.14. The Labute approximate surface area is 166 Å². The van der Waals surface area contributed by atoms with Gasteiger partial charge in [-0.25, -0.2) is 4.90 Å². The van der Waals surface area contributed by atoms with E-state index in [9.17, 15) is 9.59 Å². The smallest absolute Gasteiger partial charge is 0.292 e. The summed E-state index contributed by atoms with van der Waals surface area (Å²) in [5, 5.41) is 0. The molecule has 0 aliphatic carbocycles. The summed E-state index contributed by atoms with van der Waals surface area (Å²) in [6.07, 6.45) is 0.329. The molecule has 2 N–H and O–H groups in total. The summed E-state index contributed by atoms with van der Waals surface area (Å²) >= 11 is 0. The minimum atomic E-state index is -0.232. The van der Waals surface area contributed by atoms with E-state index in [1.54, 1.807) is 4.90 Å². The number of para-hydroxylation sites is 1. The maximum absolute atomic E-state index is 13.2. The van der Waals surface area contributed by atoms with E-state index >= 15 is 0 Å². The molecule has 2 aromatic carbocycles. The van der Waals surface area contributed by atoms with Crippen LogP contribution in [0.4, 0.5) is 5.69 Å². The lowest BCUT2D eigenvalue weighted by Gasteiger charge is -2.32. The Morgan fingerprint density at radius 3 is 2.18 bits per heavy atom. The van der Waals surface area contributed by atoms with E-state index in [0.29, 0.717) is 6.42 Å². The lowest BCUT2D eigenvalue weighted by atomic mass is 10.1. The fourth-order valence-electron chi connectivity index (χ4n) is 4.68. The number of hydrogen-bond acceptors (Lipinski definition) is 2. The number of benzene rings is 2. The number of carbonyl (C=O) groups is 2. The minimum Gasteiger partial charge on any atom is -0.322 e. The number of amides is 2. The van der Waals surface area contributed by atoms with Crippen LogP contribution in [-0.2, 0) is 16.1 Å². The number of hydrogen-bond donors (Lipinski definition) is 2. The average molecular weight is 380 g/mol. The minimum absolute atomic E-state index is 0.0242. The van der Waals surface area contributed by atoms with Gasteiger partial charge in [0.1, 0.15) is 32.7 Å². The molecule has 0 unspecified atom stereocenters. The number of anilines is 1. The SMILES string of the molecule is Cc1cccc(C)c1N1C(=O)C[C@@H]([NH+]2CC[NH+](Cc3ccccc3)CC2)C1=O. The number of carbonyl (C=O) groups excluding carboxylic acids is 2. The molecule has 0 spiro atoms. The highest BCUT2D eigenvalue weighted by Crippen LogP contribution is 2.29. The number of quaternary nitrogens is 2. The zero-order valence-corrected chi connectivity index (χ0v) is 16.7. The van der Waals surface area contributed by atoms with Gasteiger partial charge in [0.25, 0.3) is 5.91 Å². The van der Waals surface area contributed by atoms with Crippen molar-refractivity contribution in [1.29, 1.82) is 0 Å². The van der Waals surface area contributed by atoms with Crippen LogP contribution in [-0.4, -0.2) is 44.0 Å². The average Bonchev–Trinajstić information content (AvgIpc) is 2.98. The van der Waals surface area contributed by atoms with Gasteiger partial charge in [-0.15, -0.1) is 0 Å². The van der Waals surface area contributed by atoms with E-state index in [1.165, 1.54) is 15.4 Å². The predicted octanol–water partition coefficient (Wildman–Crippen LogP) is -0.0811. The fourth-order valence-corrected chi connectivity index (χ4v) is 4.68. The Morgan fingerprint density at radius 2 is 1.54 bits per heavy atom. The quantitative estimate of drug-likeness (QED) is 0.730. The van der Waals surface area contributed by atoms with Crippen molar-refractivity contribution >= 4 is 17.5 Å². The molecular weight excluding hydrogens is 350 g/mol. The summed E-state index contributed by atoms with van der Waals surface area (Å²) in [7, 11) is 0. The van der Waals surface area contributed by atoms with Crippen LogP contribution >= 0.6 is 0 Å². The van der Waals surface area contributed by atoms with Gasteiger partial charge in [0.15, 0.2) is 6.04 Å². The molecule has 0 radical (unpaired) electrons. The van der Waals surface area contributed by atoms with Crippen LogP contribution in [0.5, 0.6) is 0 Å². The summed E-state index contributed by atoms with van der Waals surface area (Å²) < 4.78 is 0. The number of rotatable bonds is 4. The van der Waals surface area contributed by atoms with Crippen molar-refractivity contribution in [3.63, 3.8) is 0 Å². The van der Waals surface area contributed by atoms with E-state index < -0.39 is 0 Å². The topological polar surface area (TPSA) is 46.3 Å². The van der Waals surface area contributed by atoms with Crippen molar-refractivity contribution in [2.75, 3.05) is 31.1 Å². The Morgan fingerprint density at radius 1 is 0.893 bits per heavy atom. The van der Waals surface area contributed by atoms with E-state index in [-0.39, 0.29) is 17.9 Å². The maximum Gasteiger partial charge on any atom is 0.292 e. The Hall–Kier alpha value is -2.50. The molecule has 2 aliphatic rings. The van der Waals surface area contributed by atoms with E-state index in [4.69, 9.17) is 0 Å². The molecule has 4 rings (SSSR count). The summed E-state index contributed by atoms with van der Waals surface area (Å²) in [5.41, 5.74) is 4.10. The van der Waals surface area contributed by atoms with Gasteiger partial charge in [0.05, 0.1) is 12.1 Å². The Kier molecular flexibility index (Phi) is 5.29. The first kappa shape index (κ1) is 18.8. The zero-order chi connectivity index (χ0) is 19.7. The molecule has 2 aromatic rings. The summed E-state index contributed by atoms with van der Waals surface area (Å²) in [6, 6.07) is 16.2. The maximum atomic E-state index is 13.2. The normalized spacial score (nSPS) is 25.4. The molecule has 2 amide bonds. The largest absolute Gasteiger partial charge is 0.322 e. The van der Waals surface area contributed by atoms with Gasteiger partial charge >= 0.3 is 0 Å². The summed E-state index contributed by atoms with van der Waals surface area (Å²) in [4.78, 5) is 30.2. The standard InChI is InChI=1S/C23H27N3O2/c1-17-7-6-8-18(2)22(17)26-21(27)15-20(23(26)28)25-13-11-24(12-14-25)16-19-9-4-3-5-10-19/h3-10,20H,11-16H2,1-2H3/p+2/t20-/m1/s1. The van der Waals surface area contributed by atoms with Crippen LogP contribution in [0.25, 0.3) is 0 Å². The van der Waals surface area contributed by atoms with Crippen molar-refractivity contribution in [2.45, 2.75) is 32.9 Å². The first-order valence-corrected chi connectivity index (χ1v) is 10.2. The van der Waals surface area contributed by atoms with Gasteiger partial charge in [-0.2, -0.15) is 0 Å². The highest BCUT2D eigenvalue weighted by Gasteiger charge is 2.47. The molecule has 2 fully saturated rings. The third kappa shape index (κ3) is 3.60. The highest BCUT2D eigenvalue weighted by atomic mass is 16.2. The van der Waals surface area contributed by atoms with Gasteiger partial charge in [-0.05, 0) is 25.0 Å². The molecule has 5 nitrogen and oxygen atoms in total. The van der Waals surface area contributed by atoms with Crippen LogP contribution in [0.15, 0.2) is 48.5 Å². The van der Waals surface area contributed by atoms with Crippen molar-refractivity contribution in [3.8, 4) is 0 Å². The molecule has 2 heterocycles. The first-order valence-electron chi connectivity index (χ1n) is 10.2. The van der Waals surface area contributed by atoms with Crippen molar-refractivity contribution < 1.29 is 19.4 Å². The van der Waals surface area contributed by atoms with Crippen molar-refractivity contribution in [1.82, 2.24) is 0 Å². The number of nitrogens with zero attached hydrogens (tertiary/aromatic N) is 1. The molecule has 28 heavy (non-hydrogen) atoms. The molecular formula is C23H29N3O2+2. The lowest BCUT2D eigenvalue weighted by Crippen LogP contribution is -3.29. The molecule has 5 heteroatoms. The second-order valence-electron chi connectivity index (χ2n) is 8.14. The molecule has 146 valence electrons. The van der Waals surface area contributed by atoms with Crippen LogP contribution in [0.1, 0.15) is 23.1 Å². The molecule has 0 aromatic heterocycles. The number of nitrogens with one attached hydrogen (secondary N) is 2. The van der Waals surface area contributed by atoms with Gasteiger partial charge in [-0.3, -0.25) is 9.59 Å². The number of piperazine rings is 1. The van der Waals surface area contributed by atoms with Crippen molar-refractivity contribution in [2.24, 2.45) is 0 Å². The molecule has 1 atom stereocenters. The first-order chi connectivity index (χ1) is 13.5. The lowest BCUT2D eigenvalue weighted by molar-refractivity contribution is -1.02. The predicted molar refractivity (Wildman–Crippen MR) is 108 cm³/mol. The summed E-state index contributed by atoms with van der Waals surface area (Å²) in [6.45, 7) is 8.90. The third-order valence-electron chi connectivity index (χ3n) is 6.20. The second kappa shape index (κ2) is 7.86. The monoisotopic (exact) mass is 379 g/mol. The van der Waals surface area contributed by atoms with Gasteiger partial charge < -0.3 is 9.80 Å². The number of imide groups is 1. The van der Waals surface area contributed by atoms with E-state index in [2.05, 4.69) is 24.3 Å². The molecule has 2 saturated heterocycles. The fraction of sp³-hybridized carbons (Fsp3) is 0.391. The van der Waals surface area contributed by atoms with Crippen LogP contribution in [0.2, 0.25) is 0 Å². The molecule has 2 aliphatic heterocycles.